The maximum atomic E-state index is 13.7. The molecule has 3 heterocycles. The molecule has 4 rings (SSSR count). The van der Waals surface area contributed by atoms with Gasteiger partial charge in [0.05, 0.1) is 0 Å². The Labute approximate surface area is 218 Å². The van der Waals surface area contributed by atoms with Gasteiger partial charge in [-0.25, -0.2) is 0 Å². The summed E-state index contributed by atoms with van der Waals surface area (Å²) in [4.78, 5) is 30.7. The lowest BCUT2D eigenvalue weighted by molar-refractivity contribution is -0.143. The molecule has 188 valence electrons. The lowest BCUT2D eigenvalue weighted by Crippen LogP contribution is -2.49. The van der Waals surface area contributed by atoms with Gasteiger partial charge in [0, 0.05) is 22.0 Å². The van der Waals surface area contributed by atoms with Crippen LogP contribution in [0.25, 0.3) is 11.6 Å². The summed E-state index contributed by atoms with van der Waals surface area (Å²) in [6.45, 7) is 7.41. The van der Waals surface area contributed by atoms with Gasteiger partial charge < -0.3 is 14.6 Å². The maximum absolute atomic E-state index is 13.7. The number of furan rings is 1. The van der Waals surface area contributed by atoms with Gasteiger partial charge in [-0.3, -0.25) is 9.59 Å². The second kappa shape index (κ2) is 10.6. The summed E-state index contributed by atoms with van der Waals surface area (Å²) < 4.78 is 5.55. The largest absolute Gasteiger partial charge is 0.458 e. The van der Waals surface area contributed by atoms with Crippen LogP contribution in [0.15, 0.2) is 58.3 Å². The number of hydrogen-bond acceptors (Lipinski definition) is 7. The highest BCUT2D eigenvalue weighted by Gasteiger charge is 2.34. The number of aryl methyl sites for hydroxylation is 1. The van der Waals surface area contributed by atoms with Crippen molar-refractivity contribution in [2.75, 3.05) is 0 Å². The molecule has 1 unspecified atom stereocenters. The van der Waals surface area contributed by atoms with Crippen molar-refractivity contribution in [1.82, 2.24) is 30.4 Å². The van der Waals surface area contributed by atoms with E-state index in [0.717, 1.165) is 10.4 Å². The van der Waals surface area contributed by atoms with E-state index in [2.05, 4.69) is 20.7 Å². The first kappa shape index (κ1) is 25.6. The Balaban J connectivity index is 1.67. The molecule has 0 aliphatic heterocycles. The minimum atomic E-state index is -0.872. The molecule has 0 bridgehead atoms. The number of amides is 2. The summed E-state index contributed by atoms with van der Waals surface area (Å²) in [6, 6.07) is 13.6. The fourth-order valence-electron chi connectivity index (χ4n) is 3.62. The smallest absolute Gasteiger partial charge is 0.248 e. The van der Waals surface area contributed by atoms with Gasteiger partial charge in [-0.1, -0.05) is 35.9 Å². The number of nitrogens with one attached hydrogen (secondary N) is 1. The van der Waals surface area contributed by atoms with Crippen LogP contribution in [-0.4, -0.2) is 42.5 Å². The molecule has 11 heteroatoms. The fraction of sp³-hybridized carbons (Fsp3) is 0.320. The summed E-state index contributed by atoms with van der Waals surface area (Å²) >= 11 is 7.84. The van der Waals surface area contributed by atoms with Crippen molar-refractivity contribution >= 4 is 34.8 Å². The Morgan fingerprint density at radius 2 is 1.94 bits per heavy atom. The Kier molecular flexibility index (Phi) is 7.56. The normalized spacial score (nSPS) is 12.4. The van der Waals surface area contributed by atoms with E-state index in [1.54, 1.807) is 18.2 Å². The van der Waals surface area contributed by atoms with Gasteiger partial charge in [0.25, 0.3) is 0 Å². The van der Waals surface area contributed by atoms with Gasteiger partial charge in [0.2, 0.25) is 17.6 Å². The molecule has 0 saturated heterocycles. The zero-order chi connectivity index (χ0) is 25.9. The quantitative estimate of drug-likeness (QED) is 0.358. The van der Waals surface area contributed by atoms with Crippen LogP contribution in [0.5, 0.6) is 0 Å². The first-order valence-corrected chi connectivity index (χ1v) is 12.6. The third kappa shape index (κ3) is 6.19. The molecule has 4 aromatic rings. The minimum absolute atomic E-state index is 0.123. The molecule has 0 saturated carbocycles. The van der Waals surface area contributed by atoms with Crippen molar-refractivity contribution < 1.29 is 14.0 Å². The molecule has 3 aromatic heterocycles. The maximum Gasteiger partial charge on any atom is 0.248 e. The van der Waals surface area contributed by atoms with Crippen molar-refractivity contribution in [1.29, 1.82) is 0 Å². The second-order valence-corrected chi connectivity index (χ2v) is 10.7. The van der Waals surface area contributed by atoms with Crippen molar-refractivity contribution in [2.24, 2.45) is 0 Å². The van der Waals surface area contributed by atoms with E-state index in [0.29, 0.717) is 16.5 Å². The van der Waals surface area contributed by atoms with E-state index in [1.807, 2.05) is 63.4 Å². The number of halogens is 1. The number of carbonyl (C=O) groups is 2. The number of rotatable bonds is 8. The second-order valence-electron chi connectivity index (χ2n) is 9.32. The molecule has 0 aliphatic carbocycles. The molecule has 0 fully saturated rings. The van der Waals surface area contributed by atoms with E-state index in [-0.39, 0.29) is 30.7 Å². The molecule has 0 spiro atoms. The van der Waals surface area contributed by atoms with Gasteiger partial charge in [-0.05, 0) is 68.1 Å². The highest BCUT2D eigenvalue weighted by atomic mass is 35.5. The lowest BCUT2D eigenvalue weighted by Gasteiger charge is -2.33. The average molecular weight is 527 g/mol. The molecule has 0 radical (unpaired) electrons. The van der Waals surface area contributed by atoms with Crippen molar-refractivity contribution in [3.05, 3.63) is 75.1 Å². The number of nitrogens with zero attached hydrogens (tertiary/aromatic N) is 5. The van der Waals surface area contributed by atoms with Crippen LogP contribution in [0, 0.1) is 6.92 Å². The Bertz CT molecular complexity index is 1340. The fourth-order valence-corrected chi connectivity index (χ4v) is 4.65. The van der Waals surface area contributed by atoms with Crippen LogP contribution in [0.4, 0.5) is 0 Å². The summed E-state index contributed by atoms with van der Waals surface area (Å²) in [6.07, 6.45) is 0. The third-order valence-corrected chi connectivity index (χ3v) is 6.47. The number of carbonyl (C=O) groups excluding carboxylic acids is 2. The highest BCUT2D eigenvalue weighted by molar-refractivity contribution is 7.10. The van der Waals surface area contributed by atoms with Gasteiger partial charge in [0.1, 0.15) is 18.3 Å². The molecule has 36 heavy (non-hydrogen) atoms. The summed E-state index contributed by atoms with van der Waals surface area (Å²) in [5.74, 6) is 0.793. The van der Waals surface area contributed by atoms with Crippen molar-refractivity contribution in [3.63, 3.8) is 0 Å². The van der Waals surface area contributed by atoms with Crippen LogP contribution in [0.3, 0.4) is 0 Å². The topological polar surface area (TPSA) is 106 Å². The number of hydrogen-bond donors (Lipinski definition) is 1. The van der Waals surface area contributed by atoms with E-state index < -0.39 is 11.6 Å². The predicted octanol–water partition coefficient (Wildman–Crippen LogP) is 4.64. The molecule has 1 aromatic carbocycles. The molecule has 0 aliphatic rings. The molecular formula is C25H27ClN6O3S. The SMILES string of the molecule is Cc1ccc(-c2nnn(CC(=O)N(Cc3ccccc3Cl)C(C(=O)NC(C)(C)C)c3cccs3)n2)o1. The van der Waals surface area contributed by atoms with Crippen LogP contribution in [-0.2, 0) is 22.7 Å². The monoisotopic (exact) mass is 526 g/mol. The number of aromatic nitrogens is 4. The van der Waals surface area contributed by atoms with E-state index >= 15 is 0 Å². The zero-order valence-electron chi connectivity index (χ0n) is 20.4. The lowest BCUT2D eigenvalue weighted by atomic mass is 10.1. The number of tetrazole rings is 1. The molecular weight excluding hydrogens is 500 g/mol. The van der Waals surface area contributed by atoms with Crippen molar-refractivity contribution in [2.45, 2.75) is 52.4 Å². The Morgan fingerprint density at radius 1 is 1.17 bits per heavy atom. The van der Waals surface area contributed by atoms with Gasteiger partial charge in [0.15, 0.2) is 5.76 Å². The number of thiophene rings is 1. The highest BCUT2D eigenvalue weighted by Crippen LogP contribution is 2.30. The molecule has 1 N–H and O–H groups in total. The Morgan fingerprint density at radius 3 is 2.58 bits per heavy atom. The van der Waals surface area contributed by atoms with E-state index in [9.17, 15) is 9.59 Å². The van der Waals surface area contributed by atoms with E-state index in [1.165, 1.54) is 21.0 Å². The summed E-state index contributed by atoms with van der Waals surface area (Å²) in [5, 5.41) is 17.7. The third-order valence-electron chi connectivity index (χ3n) is 5.18. The number of benzene rings is 1. The molecule has 2 amide bonds. The van der Waals surface area contributed by atoms with Crippen LogP contribution >= 0.6 is 22.9 Å². The minimum Gasteiger partial charge on any atom is -0.458 e. The van der Waals surface area contributed by atoms with Gasteiger partial charge in [-0.2, -0.15) is 4.80 Å². The van der Waals surface area contributed by atoms with Crippen LogP contribution < -0.4 is 5.32 Å². The summed E-state index contributed by atoms with van der Waals surface area (Å²) in [7, 11) is 0. The molecule has 1 atom stereocenters. The van der Waals surface area contributed by atoms with Gasteiger partial charge >= 0.3 is 0 Å². The Hall–Kier alpha value is -3.50. The summed E-state index contributed by atoms with van der Waals surface area (Å²) in [5.41, 5.74) is 0.228. The van der Waals surface area contributed by atoms with Crippen LogP contribution in [0.2, 0.25) is 5.02 Å². The van der Waals surface area contributed by atoms with E-state index in [4.69, 9.17) is 16.0 Å². The van der Waals surface area contributed by atoms with Crippen LogP contribution in [0.1, 0.15) is 43.0 Å². The van der Waals surface area contributed by atoms with Crippen molar-refractivity contribution in [3.8, 4) is 11.6 Å². The first-order valence-electron chi connectivity index (χ1n) is 11.3. The first-order chi connectivity index (χ1) is 17.1. The standard InChI is InChI=1S/C25H27ClN6O3S/c1-16-11-12-19(35-16)23-28-30-32(29-23)15-21(33)31(14-17-8-5-6-9-18(17)26)22(20-10-7-13-36-20)24(34)27-25(2,3)4/h5-13,22H,14-15H2,1-4H3,(H,27,34). The van der Waals surface area contributed by atoms with Gasteiger partial charge in [-0.15, -0.1) is 21.5 Å². The zero-order valence-corrected chi connectivity index (χ0v) is 22.0. The molecule has 9 nitrogen and oxygen atoms in total. The average Bonchev–Trinajstić information content (AvgIpc) is 3.56. The predicted molar refractivity (Wildman–Crippen MR) is 137 cm³/mol.